The standard InChI is InChI=1S/C14H20N2O2.ClH/c17-14(11-15-13-4-2-1-3-5-13)16-10-12-6-8-18-9-7-12;/h1-5,12,15H,6-11H2,(H,16,17);1H. The van der Waals surface area contributed by atoms with Gasteiger partial charge >= 0.3 is 0 Å². The van der Waals surface area contributed by atoms with Crippen LogP contribution in [0.3, 0.4) is 0 Å². The molecule has 1 aliphatic heterocycles. The Morgan fingerprint density at radius 3 is 2.58 bits per heavy atom. The van der Waals surface area contributed by atoms with Gasteiger partial charge in [0.2, 0.25) is 5.91 Å². The third-order valence-corrected chi connectivity index (χ3v) is 3.16. The summed E-state index contributed by atoms with van der Waals surface area (Å²) in [6, 6.07) is 9.75. The average molecular weight is 285 g/mol. The second-order valence-corrected chi connectivity index (χ2v) is 4.58. The number of para-hydroxylation sites is 1. The molecule has 0 bridgehead atoms. The van der Waals surface area contributed by atoms with E-state index in [-0.39, 0.29) is 18.3 Å². The average Bonchev–Trinajstić information content (AvgIpc) is 2.45. The van der Waals surface area contributed by atoms with Crippen LogP contribution in [0.25, 0.3) is 0 Å². The summed E-state index contributed by atoms with van der Waals surface area (Å²) in [6.45, 7) is 2.73. The maximum atomic E-state index is 11.7. The number of hydrogen-bond donors (Lipinski definition) is 2. The van der Waals surface area contributed by atoms with Crippen molar-refractivity contribution in [3.63, 3.8) is 0 Å². The predicted molar refractivity (Wildman–Crippen MR) is 78.7 cm³/mol. The van der Waals surface area contributed by atoms with Gasteiger partial charge in [0.25, 0.3) is 0 Å². The number of nitrogens with one attached hydrogen (secondary N) is 2. The zero-order valence-electron chi connectivity index (χ0n) is 10.9. The number of ether oxygens (including phenoxy) is 1. The Labute approximate surface area is 120 Å². The van der Waals surface area contributed by atoms with Gasteiger partial charge in [-0.15, -0.1) is 12.4 Å². The van der Waals surface area contributed by atoms with E-state index in [1.54, 1.807) is 0 Å². The Hall–Kier alpha value is -1.26. The summed E-state index contributed by atoms with van der Waals surface area (Å²) < 4.78 is 5.29. The number of amides is 1. The monoisotopic (exact) mass is 284 g/mol. The molecule has 1 aromatic rings. The molecule has 0 unspecified atom stereocenters. The van der Waals surface area contributed by atoms with E-state index in [0.29, 0.717) is 12.5 Å². The van der Waals surface area contributed by atoms with Gasteiger partial charge in [0, 0.05) is 25.4 Å². The first-order chi connectivity index (χ1) is 8.84. The largest absolute Gasteiger partial charge is 0.381 e. The summed E-state index contributed by atoms with van der Waals surface area (Å²) in [5, 5.41) is 6.06. The Morgan fingerprint density at radius 2 is 1.89 bits per heavy atom. The second kappa shape index (κ2) is 8.77. The number of halogens is 1. The molecule has 0 aliphatic carbocycles. The number of carbonyl (C=O) groups is 1. The molecular formula is C14H21ClN2O2. The molecule has 0 spiro atoms. The van der Waals surface area contributed by atoms with E-state index in [0.717, 1.165) is 38.3 Å². The Bertz CT molecular complexity index is 367. The predicted octanol–water partition coefficient (Wildman–Crippen LogP) is 2.06. The van der Waals surface area contributed by atoms with Crippen molar-refractivity contribution >= 4 is 24.0 Å². The van der Waals surface area contributed by atoms with E-state index in [1.165, 1.54) is 0 Å². The molecule has 1 saturated heterocycles. The lowest BCUT2D eigenvalue weighted by Crippen LogP contribution is -2.35. The molecule has 1 amide bonds. The van der Waals surface area contributed by atoms with Gasteiger partial charge in [0.05, 0.1) is 6.54 Å². The fraction of sp³-hybridized carbons (Fsp3) is 0.500. The lowest BCUT2D eigenvalue weighted by molar-refractivity contribution is -0.119. The minimum Gasteiger partial charge on any atom is -0.381 e. The van der Waals surface area contributed by atoms with Crippen molar-refractivity contribution in [3.8, 4) is 0 Å². The van der Waals surface area contributed by atoms with Crippen LogP contribution in [0.1, 0.15) is 12.8 Å². The molecule has 1 aliphatic rings. The van der Waals surface area contributed by atoms with E-state index in [4.69, 9.17) is 4.74 Å². The lowest BCUT2D eigenvalue weighted by atomic mass is 10.0. The topological polar surface area (TPSA) is 50.4 Å². The summed E-state index contributed by atoms with van der Waals surface area (Å²) in [5.74, 6) is 0.616. The molecule has 106 valence electrons. The summed E-state index contributed by atoms with van der Waals surface area (Å²) in [7, 11) is 0. The highest BCUT2D eigenvalue weighted by atomic mass is 35.5. The maximum Gasteiger partial charge on any atom is 0.239 e. The molecule has 0 atom stereocenters. The van der Waals surface area contributed by atoms with Crippen molar-refractivity contribution < 1.29 is 9.53 Å². The summed E-state index contributed by atoms with van der Waals surface area (Å²) in [4.78, 5) is 11.7. The highest BCUT2D eigenvalue weighted by Gasteiger charge is 2.14. The quantitative estimate of drug-likeness (QED) is 0.870. The first kappa shape index (κ1) is 15.8. The van der Waals surface area contributed by atoms with Gasteiger partial charge in [-0.2, -0.15) is 0 Å². The van der Waals surface area contributed by atoms with Gasteiger partial charge < -0.3 is 15.4 Å². The van der Waals surface area contributed by atoms with Crippen LogP contribution in [0.4, 0.5) is 5.69 Å². The minimum absolute atomic E-state index is 0. The van der Waals surface area contributed by atoms with Crippen LogP contribution >= 0.6 is 12.4 Å². The van der Waals surface area contributed by atoms with Crippen LogP contribution in [0, 0.1) is 5.92 Å². The van der Waals surface area contributed by atoms with E-state index < -0.39 is 0 Å². The van der Waals surface area contributed by atoms with Gasteiger partial charge in [-0.25, -0.2) is 0 Å². The van der Waals surface area contributed by atoms with Crippen molar-refractivity contribution in [2.75, 3.05) is 31.6 Å². The van der Waals surface area contributed by atoms with Crippen LogP contribution in [0.5, 0.6) is 0 Å². The van der Waals surface area contributed by atoms with Crippen LogP contribution in [0.15, 0.2) is 30.3 Å². The Balaban J connectivity index is 0.00000180. The van der Waals surface area contributed by atoms with Gasteiger partial charge in [-0.05, 0) is 30.9 Å². The highest BCUT2D eigenvalue weighted by Crippen LogP contribution is 2.13. The molecule has 4 nitrogen and oxygen atoms in total. The highest BCUT2D eigenvalue weighted by molar-refractivity contribution is 5.85. The number of carbonyl (C=O) groups excluding carboxylic acids is 1. The summed E-state index contributed by atoms with van der Waals surface area (Å²) in [6.07, 6.45) is 2.10. The minimum atomic E-state index is 0. The van der Waals surface area contributed by atoms with Crippen molar-refractivity contribution in [1.82, 2.24) is 5.32 Å². The maximum absolute atomic E-state index is 11.7. The first-order valence-electron chi connectivity index (χ1n) is 6.48. The second-order valence-electron chi connectivity index (χ2n) is 4.58. The van der Waals surface area contributed by atoms with Crippen molar-refractivity contribution in [1.29, 1.82) is 0 Å². The lowest BCUT2D eigenvalue weighted by Gasteiger charge is -2.22. The zero-order valence-corrected chi connectivity index (χ0v) is 11.7. The number of hydrogen-bond acceptors (Lipinski definition) is 3. The molecule has 0 saturated carbocycles. The Kier molecular flexibility index (Phi) is 7.30. The third-order valence-electron chi connectivity index (χ3n) is 3.16. The molecule has 1 fully saturated rings. The van der Waals surface area contributed by atoms with E-state index in [1.807, 2.05) is 30.3 Å². The summed E-state index contributed by atoms with van der Waals surface area (Å²) in [5.41, 5.74) is 0.971. The molecule has 5 heteroatoms. The molecule has 0 radical (unpaired) electrons. The number of benzene rings is 1. The van der Waals surface area contributed by atoms with Gasteiger partial charge in [0.1, 0.15) is 0 Å². The van der Waals surface area contributed by atoms with Crippen LogP contribution in [-0.2, 0) is 9.53 Å². The van der Waals surface area contributed by atoms with Crippen molar-refractivity contribution in [3.05, 3.63) is 30.3 Å². The Morgan fingerprint density at radius 1 is 1.21 bits per heavy atom. The molecule has 2 rings (SSSR count). The number of rotatable bonds is 5. The fourth-order valence-electron chi connectivity index (χ4n) is 2.01. The molecule has 2 N–H and O–H groups in total. The van der Waals surface area contributed by atoms with Crippen LogP contribution < -0.4 is 10.6 Å². The SMILES string of the molecule is Cl.O=C(CNc1ccccc1)NCC1CCOCC1. The van der Waals surface area contributed by atoms with Crippen LogP contribution in [0.2, 0.25) is 0 Å². The van der Waals surface area contributed by atoms with Crippen molar-refractivity contribution in [2.45, 2.75) is 12.8 Å². The molecule has 19 heavy (non-hydrogen) atoms. The smallest absolute Gasteiger partial charge is 0.239 e. The van der Waals surface area contributed by atoms with Crippen LogP contribution in [-0.4, -0.2) is 32.2 Å². The fourth-order valence-corrected chi connectivity index (χ4v) is 2.01. The normalized spacial score (nSPS) is 15.4. The van der Waals surface area contributed by atoms with Gasteiger partial charge in [0.15, 0.2) is 0 Å². The van der Waals surface area contributed by atoms with E-state index in [2.05, 4.69) is 10.6 Å². The summed E-state index contributed by atoms with van der Waals surface area (Å²) >= 11 is 0. The molecule has 0 aromatic heterocycles. The van der Waals surface area contributed by atoms with Gasteiger partial charge in [-0.1, -0.05) is 18.2 Å². The first-order valence-corrected chi connectivity index (χ1v) is 6.48. The van der Waals surface area contributed by atoms with Gasteiger partial charge in [-0.3, -0.25) is 4.79 Å². The molecule has 1 aromatic carbocycles. The zero-order chi connectivity index (χ0) is 12.6. The van der Waals surface area contributed by atoms with E-state index in [9.17, 15) is 4.79 Å². The van der Waals surface area contributed by atoms with Crippen molar-refractivity contribution in [2.24, 2.45) is 5.92 Å². The third kappa shape index (κ3) is 5.94. The molecule has 1 heterocycles. The van der Waals surface area contributed by atoms with E-state index >= 15 is 0 Å². The number of anilines is 1. The molecular weight excluding hydrogens is 264 g/mol.